The molecule has 0 radical (unpaired) electrons. The maximum atomic E-state index is 12.8. The molecule has 1 saturated heterocycles. The van der Waals surface area contributed by atoms with Crippen molar-refractivity contribution < 1.29 is 14.4 Å². The molecule has 1 aromatic rings. The highest BCUT2D eigenvalue weighted by atomic mass is 127. The predicted octanol–water partition coefficient (Wildman–Crippen LogP) is 2.73. The van der Waals surface area contributed by atoms with Crippen molar-refractivity contribution in [2.45, 2.75) is 38.1 Å². The molecule has 1 aliphatic carbocycles. The van der Waals surface area contributed by atoms with Crippen molar-refractivity contribution in [1.29, 1.82) is 0 Å². The van der Waals surface area contributed by atoms with Crippen LogP contribution in [0.5, 0.6) is 0 Å². The van der Waals surface area contributed by atoms with Crippen LogP contribution in [0.25, 0.3) is 0 Å². The van der Waals surface area contributed by atoms with Gasteiger partial charge in [0.1, 0.15) is 12.1 Å². The number of benzene rings is 1. The van der Waals surface area contributed by atoms with E-state index >= 15 is 0 Å². The van der Waals surface area contributed by atoms with Gasteiger partial charge in [-0.1, -0.05) is 19.8 Å². The third-order valence-corrected chi connectivity index (χ3v) is 5.65. The number of anilines is 1. The summed E-state index contributed by atoms with van der Waals surface area (Å²) < 4.78 is 1.06. The molecule has 0 bridgehead atoms. The monoisotopic (exact) mass is 441 g/mol. The maximum Gasteiger partial charge on any atom is 0.325 e. The Kier molecular flexibility index (Phi) is 4.80. The summed E-state index contributed by atoms with van der Waals surface area (Å²) in [5.41, 5.74) is -0.174. The summed E-state index contributed by atoms with van der Waals surface area (Å²) in [5, 5.41) is 5.58. The lowest BCUT2D eigenvalue weighted by Crippen LogP contribution is -2.54. The van der Waals surface area contributed by atoms with Crippen LogP contribution in [-0.2, 0) is 9.59 Å². The Labute approximate surface area is 154 Å². The fourth-order valence-corrected chi connectivity index (χ4v) is 3.88. The molecule has 3 rings (SSSR count). The fraction of sp³-hybridized carbons (Fsp3) is 0.471. The van der Waals surface area contributed by atoms with Crippen molar-refractivity contribution in [3.8, 4) is 0 Å². The van der Waals surface area contributed by atoms with E-state index in [1.54, 1.807) is 12.1 Å². The summed E-state index contributed by atoms with van der Waals surface area (Å²) in [7, 11) is 0. The predicted molar refractivity (Wildman–Crippen MR) is 98.4 cm³/mol. The van der Waals surface area contributed by atoms with E-state index in [9.17, 15) is 14.4 Å². The van der Waals surface area contributed by atoms with Crippen molar-refractivity contribution in [2.24, 2.45) is 5.92 Å². The lowest BCUT2D eigenvalue weighted by atomic mass is 9.73. The number of hydrogen-bond donors (Lipinski definition) is 2. The third kappa shape index (κ3) is 3.13. The zero-order valence-corrected chi connectivity index (χ0v) is 15.6. The summed E-state index contributed by atoms with van der Waals surface area (Å²) in [6.07, 6.45) is 3.54. The zero-order chi connectivity index (χ0) is 17.3. The van der Waals surface area contributed by atoms with E-state index in [4.69, 9.17) is 0 Å². The van der Waals surface area contributed by atoms with Crippen molar-refractivity contribution in [2.75, 3.05) is 11.9 Å². The molecule has 1 aliphatic heterocycles. The highest BCUT2D eigenvalue weighted by Crippen LogP contribution is 2.38. The summed E-state index contributed by atoms with van der Waals surface area (Å²) >= 11 is 2.18. The Morgan fingerprint density at radius 1 is 1.33 bits per heavy atom. The normalized spacial score (nSPS) is 26.6. The Hall–Kier alpha value is -1.64. The number of amides is 4. The first-order chi connectivity index (χ1) is 11.4. The van der Waals surface area contributed by atoms with Gasteiger partial charge in [0, 0.05) is 9.26 Å². The minimum Gasteiger partial charge on any atom is -0.325 e. The molecule has 128 valence electrons. The van der Waals surface area contributed by atoms with E-state index in [1.807, 2.05) is 19.1 Å². The highest BCUT2D eigenvalue weighted by molar-refractivity contribution is 14.1. The van der Waals surface area contributed by atoms with Gasteiger partial charge in [-0.25, -0.2) is 4.79 Å². The Bertz CT molecular complexity index is 676. The molecule has 6 nitrogen and oxygen atoms in total. The van der Waals surface area contributed by atoms with E-state index in [2.05, 4.69) is 33.2 Å². The standard InChI is InChI=1S/C17H20IN3O3/c1-11-4-2-3-9-17(11)15(23)21(16(24)20-17)10-14(22)19-13-7-5-12(18)6-8-13/h5-8,11H,2-4,9-10H2,1H3,(H,19,22)(H,20,24). The average Bonchev–Trinajstić information content (AvgIpc) is 2.78. The van der Waals surface area contributed by atoms with Gasteiger partial charge in [-0.15, -0.1) is 0 Å². The molecule has 1 heterocycles. The van der Waals surface area contributed by atoms with Crippen LogP contribution in [0.2, 0.25) is 0 Å². The second kappa shape index (κ2) is 6.70. The summed E-state index contributed by atoms with van der Waals surface area (Å²) in [6, 6.07) is 6.86. The number of carbonyl (C=O) groups is 3. The number of imide groups is 1. The van der Waals surface area contributed by atoms with Crippen LogP contribution in [0.4, 0.5) is 10.5 Å². The zero-order valence-electron chi connectivity index (χ0n) is 13.5. The molecule has 2 unspecified atom stereocenters. The van der Waals surface area contributed by atoms with Crippen molar-refractivity contribution in [3.63, 3.8) is 0 Å². The first kappa shape index (κ1) is 17.2. The molecule has 1 aromatic carbocycles. The van der Waals surface area contributed by atoms with Gasteiger partial charge in [0.05, 0.1) is 0 Å². The van der Waals surface area contributed by atoms with Crippen LogP contribution < -0.4 is 10.6 Å². The highest BCUT2D eigenvalue weighted by Gasteiger charge is 2.55. The molecule has 0 aromatic heterocycles. The number of rotatable bonds is 3. The number of halogens is 1. The van der Waals surface area contributed by atoms with E-state index in [1.165, 1.54) is 0 Å². The van der Waals surface area contributed by atoms with Gasteiger partial charge in [0.15, 0.2) is 0 Å². The Morgan fingerprint density at radius 3 is 2.71 bits per heavy atom. The van der Waals surface area contributed by atoms with Gasteiger partial charge in [0.25, 0.3) is 5.91 Å². The largest absolute Gasteiger partial charge is 0.325 e. The van der Waals surface area contributed by atoms with Gasteiger partial charge in [0.2, 0.25) is 5.91 Å². The number of urea groups is 1. The van der Waals surface area contributed by atoms with Gasteiger partial charge in [-0.3, -0.25) is 14.5 Å². The Balaban J connectivity index is 1.68. The SMILES string of the molecule is CC1CCCCC12NC(=O)N(CC(=O)Nc1ccc(I)cc1)C2=O. The lowest BCUT2D eigenvalue weighted by molar-refractivity contribution is -0.136. The van der Waals surface area contributed by atoms with Crippen LogP contribution >= 0.6 is 22.6 Å². The fourth-order valence-electron chi connectivity index (χ4n) is 3.52. The molecular formula is C17H20IN3O3. The summed E-state index contributed by atoms with van der Waals surface area (Å²) in [5.74, 6) is -0.551. The molecule has 7 heteroatoms. The summed E-state index contributed by atoms with van der Waals surface area (Å²) in [4.78, 5) is 38.3. The molecular weight excluding hydrogens is 421 g/mol. The van der Waals surface area contributed by atoms with Gasteiger partial charge in [-0.2, -0.15) is 0 Å². The second-order valence-corrected chi connectivity index (χ2v) is 7.74. The first-order valence-corrected chi connectivity index (χ1v) is 9.20. The molecule has 1 spiro atoms. The van der Waals surface area contributed by atoms with E-state index in [0.29, 0.717) is 12.1 Å². The maximum absolute atomic E-state index is 12.8. The topological polar surface area (TPSA) is 78.5 Å². The Morgan fingerprint density at radius 2 is 2.04 bits per heavy atom. The quantitative estimate of drug-likeness (QED) is 0.560. The summed E-state index contributed by atoms with van der Waals surface area (Å²) in [6.45, 7) is 1.73. The number of nitrogens with one attached hydrogen (secondary N) is 2. The average molecular weight is 441 g/mol. The smallest absolute Gasteiger partial charge is 0.325 e. The molecule has 2 N–H and O–H groups in total. The van der Waals surface area contributed by atoms with Gasteiger partial charge < -0.3 is 10.6 Å². The van der Waals surface area contributed by atoms with E-state index in [0.717, 1.165) is 27.7 Å². The van der Waals surface area contributed by atoms with Crippen molar-refractivity contribution in [3.05, 3.63) is 27.8 Å². The van der Waals surface area contributed by atoms with Crippen LogP contribution in [0.3, 0.4) is 0 Å². The minimum absolute atomic E-state index is 0.0898. The molecule has 2 aliphatic rings. The first-order valence-electron chi connectivity index (χ1n) is 8.12. The van der Waals surface area contributed by atoms with Gasteiger partial charge in [-0.05, 0) is 65.6 Å². The number of hydrogen-bond acceptors (Lipinski definition) is 3. The lowest BCUT2D eigenvalue weighted by Gasteiger charge is -2.36. The minimum atomic E-state index is -0.821. The van der Waals surface area contributed by atoms with Gasteiger partial charge >= 0.3 is 6.03 Å². The number of nitrogens with zero attached hydrogens (tertiary/aromatic N) is 1. The second-order valence-electron chi connectivity index (χ2n) is 6.49. The van der Waals surface area contributed by atoms with Crippen LogP contribution in [0, 0.1) is 9.49 Å². The molecule has 2 atom stereocenters. The van der Waals surface area contributed by atoms with Crippen LogP contribution in [0.15, 0.2) is 24.3 Å². The third-order valence-electron chi connectivity index (χ3n) is 4.93. The van der Waals surface area contributed by atoms with Crippen LogP contribution in [-0.4, -0.2) is 34.8 Å². The van der Waals surface area contributed by atoms with E-state index < -0.39 is 11.6 Å². The van der Waals surface area contributed by atoms with Crippen molar-refractivity contribution in [1.82, 2.24) is 10.2 Å². The number of carbonyl (C=O) groups excluding carboxylic acids is 3. The van der Waals surface area contributed by atoms with Crippen molar-refractivity contribution >= 4 is 46.1 Å². The molecule has 24 heavy (non-hydrogen) atoms. The van der Waals surface area contributed by atoms with E-state index in [-0.39, 0.29) is 24.3 Å². The molecule has 2 fully saturated rings. The molecule has 4 amide bonds. The molecule has 1 saturated carbocycles. The van der Waals surface area contributed by atoms with Crippen LogP contribution in [0.1, 0.15) is 32.6 Å².